The zero-order chi connectivity index (χ0) is 28.4. The summed E-state index contributed by atoms with van der Waals surface area (Å²) in [5.41, 5.74) is 2.58. The second-order valence-corrected chi connectivity index (χ2v) is 9.60. The van der Waals surface area contributed by atoms with Crippen LogP contribution in [-0.4, -0.2) is 52.8 Å². The first-order valence-corrected chi connectivity index (χ1v) is 13.7. The normalized spacial score (nSPS) is 10.9. The van der Waals surface area contributed by atoms with Crippen LogP contribution in [0, 0.1) is 6.92 Å². The standard InChI is InChI=1S/C31H39N3O5/c1-5-33(6-2)30(37)16-12-7-8-13-19-32-29(36)21-26-22(3)34(31(38)24-14-10-9-11-15-24)28-18-17-25(20-27(26)28)39-23(4)35/h9-11,14-15,17-18,20H,5-8,12-13,16,19,21H2,1-4H3,(H,32,36). The van der Waals surface area contributed by atoms with Crippen molar-refractivity contribution >= 4 is 34.6 Å². The van der Waals surface area contributed by atoms with Crippen molar-refractivity contribution in [3.63, 3.8) is 0 Å². The molecule has 0 saturated heterocycles. The molecule has 8 heteroatoms. The van der Waals surface area contributed by atoms with E-state index in [4.69, 9.17) is 4.74 Å². The van der Waals surface area contributed by atoms with E-state index in [9.17, 15) is 19.2 Å². The van der Waals surface area contributed by atoms with E-state index in [1.165, 1.54) is 6.92 Å². The minimum atomic E-state index is -0.442. The monoisotopic (exact) mass is 533 g/mol. The third-order valence-electron chi connectivity index (χ3n) is 6.88. The van der Waals surface area contributed by atoms with Gasteiger partial charge < -0.3 is 15.0 Å². The Morgan fingerprint density at radius 2 is 1.62 bits per heavy atom. The number of esters is 1. The van der Waals surface area contributed by atoms with E-state index in [1.54, 1.807) is 34.9 Å². The van der Waals surface area contributed by atoms with Gasteiger partial charge in [-0.25, -0.2) is 0 Å². The van der Waals surface area contributed by atoms with Crippen molar-refractivity contribution in [2.45, 2.75) is 66.2 Å². The molecule has 3 aromatic rings. The average molecular weight is 534 g/mol. The van der Waals surface area contributed by atoms with Crippen molar-refractivity contribution in [2.75, 3.05) is 19.6 Å². The number of carbonyl (C=O) groups excluding carboxylic acids is 4. The van der Waals surface area contributed by atoms with E-state index in [1.807, 2.05) is 43.9 Å². The number of ether oxygens (including phenoxy) is 1. The number of unbranched alkanes of at least 4 members (excludes halogenated alkanes) is 3. The summed E-state index contributed by atoms with van der Waals surface area (Å²) in [6.07, 6.45) is 4.21. The minimum absolute atomic E-state index is 0.0965. The van der Waals surface area contributed by atoms with E-state index in [0.29, 0.717) is 40.9 Å². The SMILES string of the molecule is CCN(CC)C(=O)CCCCCCNC(=O)Cc1c(C)n(C(=O)c2ccccc2)c2ccc(OC(C)=O)cc12. The molecule has 1 N–H and O–H groups in total. The molecule has 39 heavy (non-hydrogen) atoms. The van der Waals surface area contributed by atoms with Gasteiger partial charge in [-0.1, -0.05) is 31.0 Å². The van der Waals surface area contributed by atoms with Crippen molar-refractivity contribution in [1.29, 1.82) is 0 Å². The molecule has 0 aliphatic rings. The lowest BCUT2D eigenvalue weighted by Crippen LogP contribution is -2.30. The van der Waals surface area contributed by atoms with Crippen LogP contribution >= 0.6 is 0 Å². The summed E-state index contributed by atoms with van der Waals surface area (Å²) < 4.78 is 6.89. The zero-order valence-electron chi connectivity index (χ0n) is 23.4. The summed E-state index contributed by atoms with van der Waals surface area (Å²) in [4.78, 5) is 51.8. The number of hydrogen-bond acceptors (Lipinski definition) is 5. The summed E-state index contributed by atoms with van der Waals surface area (Å²) >= 11 is 0. The van der Waals surface area contributed by atoms with E-state index >= 15 is 0 Å². The molecular weight excluding hydrogens is 494 g/mol. The van der Waals surface area contributed by atoms with Gasteiger partial charge in [-0.3, -0.25) is 23.7 Å². The Morgan fingerprint density at radius 1 is 0.923 bits per heavy atom. The summed E-state index contributed by atoms with van der Waals surface area (Å²) in [5, 5.41) is 3.68. The Labute approximate surface area is 230 Å². The Hall–Kier alpha value is -3.94. The maximum Gasteiger partial charge on any atom is 0.308 e. The summed E-state index contributed by atoms with van der Waals surface area (Å²) in [7, 11) is 0. The van der Waals surface area contributed by atoms with E-state index in [2.05, 4.69) is 5.32 Å². The predicted octanol–water partition coefficient (Wildman–Crippen LogP) is 5.04. The lowest BCUT2D eigenvalue weighted by atomic mass is 10.1. The lowest BCUT2D eigenvalue weighted by molar-refractivity contribution is -0.132. The topological polar surface area (TPSA) is 97.7 Å². The van der Waals surface area contributed by atoms with Gasteiger partial charge in [0.05, 0.1) is 11.9 Å². The highest BCUT2D eigenvalue weighted by Gasteiger charge is 2.22. The number of nitrogens with zero attached hydrogens (tertiary/aromatic N) is 2. The highest BCUT2D eigenvalue weighted by Crippen LogP contribution is 2.31. The van der Waals surface area contributed by atoms with Gasteiger partial charge >= 0.3 is 5.97 Å². The van der Waals surface area contributed by atoms with Gasteiger partial charge in [0.2, 0.25) is 11.8 Å². The molecule has 0 spiro atoms. The molecule has 1 heterocycles. The molecule has 3 rings (SSSR count). The van der Waals surface area contributed by atoms with E-state index < -0.39 is 5.97 Å². The molecule has 0 aliphatic heterocycles. The van der Waals surface area contributed by atoms with Gasteiger partial charge in [0.25, 0.3) is 5.91 Å². The van der Waals surface area contributed by atoms with Gasteiger partial charge in [0, 0.05) is 49.6 Å². The molecule has 2 amide bonds. The maximum absolute atomic E-state index is 13.4. The fourth-order valence-corrected chi connectivity index (χ4v) is 4.83. The predicted molar refractivity (Wildman–Crippen MR) is 152 cm³/mol. The number of benzene rings is 2. The minimum Gasteiger partial charge on any atom is -0.427 e. The fourth-order valence-electron chi connectivity index (χ4n) is 4.83. The first-order chi connectivity index (χ1) is 18.8. The molecule has 0 radical (unpaired) electrons. The number of aromatic nitrogens is 1. The Kier molecular flexibility index (Phi) is 10.8. The maximum atomic E-state index is 13.4. The number of carbonyl (C=O) groups is 4. The van der Waals surface area contributed by atoms with Gasteiger partial charge in [0.15, 0.2) is 0 Å². The Balaban J connectivity index is 1.66. The van der Waals surface area contributed by atoms with Crippen LogP contribution in [0.2, 0.25) is 0 Å². The van der Waals surface area contributed by atoms with Gasteiger partial charge in [-0.2, -0.15) is 0 Å². The van der Waals surface area contributed by atoms with Gasteiger partial charge in [-0.15, -0.1) is 0 Å². The number of fused-ring (bicyclic) bond motifs is 1. The summed E-state index contributed by atoms with van der Waals surface area (Å²) in [6.45, 7) is 9.16. The first kappa shape index (κ1) is 29.6. The Morgan fingerprint density at radius 3 is 2.28 bits per heavy atom. The number of amides is 2. The number of nitrogens with one attached hydrogen (secondary N) is 1. The second-order valence-electron chi connectivity index (χ2n) is 9.60. The molecule has 0 atom stereocenters. The van der Waals surface area contributed by atoms with Gasteiger partial charge in [-0.05, 0) is 69.5 Å². The molecule has 208 valence electrons. The fraction of sp³-hybridized carbons (Fsp3) is 0.419. The number of rotatable bonds is 13. The van der Waals surface area contributed by atoms with Gasteiger partial charge in [0.1, 0.15) is 5.75 Å². The van der Waals surface area contributed by atoms with Crippen LogP contribution in [-0.2, 0) is 20.8 Å². The molecule has 0 saturated carbocycles. The molecule has 0 fully saturated rings. The van der Waals surface area contributed by atoms with Crippen molar-refractivity contribution in [3.05, 3.63) is 65.4 Å². The van der Waals surface area contributed by atoms with Crippen molar-refractivity contribution in [1.82, 2.24) is 14.8 Å². The molecule has 2 aromatic carbocycles. The first-order valence-electron chi connectivity index (χ1n) is 13.7. The van der Waals surface area contributed by atoms with Crippen LogP contribution < -0.4 is 10.1 Å². The third-order valence-corrected chi connectivity index (χ3v) is 6.88. The van der Waals surface area contributed by atoms with Crippen molar-refractivity contribution in [3.8, 4) is 5.75 Å². The third kappa shape index (κ3) is 7.78. The van der Waals surface area contributed by atoms with Crippen molar-refractivity contribution < 1.29 is 23.9 Å². The van der Waals surface area contributed by atoms with Crippen LogP contribution in [0.1, 0.15) is 74.5 Å². The van der Waals surface area contributed by atoms with Crippen LogP contribution in [0.4, 0.5) is 0 Å². The molecule has 0 bridgehead atoms. The molecule has 0 unspecified atom stereocenters. The van der Waals surface area contributed by atoms with Crippen molar-refractivity contribution in [2.24, 2.45) is 0 Å². The molecular formula is C31H39N3O5. The van der Waals surface area contributed by atoms with Crippen LogP contribution in [0.5, 0.6) is 5.75 Å². The second kappa shape index (κ2) is 14.3. The highest BCUT2D eigenvalue weighted by molar-refractivity contribution is 6.05. The summed E-state index contributed by atoms with van der Waals surface area (Å²) in [5.74, 6) is -0.211. The summed E-state index contributed by atoms with van der Waals surface area (Å²) in [6, 6.07) is 14.1. The quantitative estimate of drug-likeness (QED) is 0.189. The highest BCUT2D eigenvalue weighted by atomic mass is 16.5. The zero-order valence-corrected chi connectivity index (χ0v) is 23.4. The van der Waals surface area contributed by atoms with Crippen LogP contribution in [0.15, 0.2) is 48.5 Å². The number of hydrogen-bond donors (Lipinski definition) is 1. The molecule has 0 aliphatic carbocycles. The lowest BCUT2D eigenvalue weighted by Gasteiger charge is -2.18. The van der Waals surface area contributed by atoms with Crippen LogP contribution in [0.25, 0.3) is 10.9 Å². The Bertz CT molecular complexity index is 1310. The molecule has 8 nitrogen and oxygen atoms in total. The smallest absolute Gasteiger partial charge is 0.308 e. The van der Waals surface area contributed by atoms with E-state index in [0.717, 1.165) is 44.3 Å². The molecule has 1 aromatic heterocycles. The average Bonchev–Trinajstić information content (AvgIpc) is 3.18. The largest absolute Gasteiger partial charge is 0.427 e. The van der Waals surface area contributed by atoms with E-state index in [-0.39, 0.29) is 24.1 Å². The van der Waals surface area contributed by atoms with Crippen LogP contribution in [0.3, 0.4) is 0 Å².